The Morgan fingerprint density at radius 1 is 1.17 bits per heavy atom. The van der Waals surface area contributed by atoms with Crippen molar-refractivity contribution in [2.45, 2.75) is 112 Å². The molecule has 4 nitrogen and oxygen atoms in total. The molecule has 0 heterocycles. The maximum atomic E-state index is 11.8. The Kier molecular flexibility index (Phi) is 6.76. The summed E-state index contributed by atoms with van der Waals surface area (Å²) in [5.74, 6) is 0.457. The normalized spacial score (nSPS) is 40.3. The van der Waals surface area contributed by atoms with Crippen molar-refractivity contribution in [2.75, 3.05) is 7.11 Å². The molecule has 0 aromatic rings. The lowest BCUT2D eigenvalue weighted by Crippen LogP contribution is -2.53. The summed E-state index contributed by atoms with van der Waals surface area (Å²) in [5.41, 5.74) is 5.67. The third-order valence-electron chi connectivity index (χ3n) is 11.6. The molecule has 0 radical (unpaired) electrons. The SMILES string of the molecule is COC(=O)/C(C)=C/[C@H](O)C[C@@H](C)[C@]1(C)CC=C2C3=C(CC[C@]21C)[C@@]1(C)CC[C@@H](O)C(C)(C)[C@@H]1CC3. The third kappa shape index (κ3) is 3.89. The van der Waals surface area contributed by atoms with E-state index in [2.05, 4.69) is 47.6 Å². The number of hydrogen-bond acceptors (Lipinski definition) is 4. The smallest absolute Gasteiger partial charge is 0.333 e. The highest BCUT2D eigenvalue weighted by Gasteiger charge is 2.60. The number of carbonyl (C=O) groups excluding carboxylic acids is 1. The molecule has 4 aliphatic carbocycles. The molecule has 196 valence electrons. The number of fused-ring (bicyclic) bond motifs is 4. The van der Waals surface area contributed by atoms with Gasteiger partial charge in [-0.3, -0.25) is 0 Å². The van der Waals surface area contributed by atoms with E-state index in [4.69, 9.17) is 4.74 Å². The van der Waals surface area contributed by atoms with Gasteiger partial charge in [0, 0.05) is 5.57 Å². The molecule has 1 saturated carbocycles. The fourth-order valence-corrected chi connectivity index (χ4v) is 8.88. The zero-order valence-electron chi connectivity index (χ0n) is 23.3. The molecule has 4 heteroatoms. The number of aliphatic hydroxyl groups is 2. The molecule has 4 rings (SSSR count). The van der Waals surface area contributed by atoms with Crippen molar-refractivity contribution in [1.82, 2.24) is 0 Å². The summed E-state index contributed by atoms with van der Waals surface area (Å²) < 4.78 is 4.79. The maximum Gasteiger partial charge on any atom is 0.333 e. The number of esters is 1. The van der Waals surface area contributed by atoms with Crippen LogP contribution in [0.25, 0.3) is 0 Å². The summed E-state index contributed by atoms with van der Waals surface area (Å²) in [5, 5.41) is 21.6. The molecule has 4 aliphatic rings. The zero-order chi connectivity index (χ0) is 26.0. The van der Waals surface area contributed by atoms with E-state index in [1.165, 1.54) is 7.11 Å². The van der Waals surface area contributed by atoms with E-state index in [-0.39, 0.29) is 33.7 Å². The van der Waals surface area contributed by atoms with Crippen molar-refractivity contribution in [3.63, 3.8) is 0 Å². The number of aliphatic hydroxyl groups excluding tert-OH is 2. The summed E-state index contributed by atoms with van der Waals surface area (Å²) in [4.78, 5) is 11.8. The number of carbonyl (C=O) groups is 1. The van der Waals surface area contributed by atoms with Gasteiger partial charge in [0.1, 0.15) is 0 Å². The van der Waals surface area contributed by atoms with Gasteiger partial charge >= 0.3 is 5.97 Å². The molecule has 0 spiro atoms. The van der Waals surface area contributed by atoms with Crippen LogP contribution in [-0.2, 0) is 9.53 Å². The van der Waals surface area contributed by atoms with Crippen LogP contribution in [0, 0.1) is 33.5 Å². The minimum atomic E-state index is -0.655. The number of hydrogen-bond donors (Lipinski definition) is 2. The van der Waals surface area contributed by atoms with Gasteiger partial charge in [0.25, 0.3) is 0 Å². The largest absolute Gasteiger partial charge is 0.466 e. The second-order valence-corrected chi connectivity index (χ2v) is 13.5. The average molecular weight is 485 g/mol. The Labute approximate surface area is 212 Å². The minimum absolute atomic E-state index is 0.0364. The second kappa shape index (κ2) is 8.87. The van der Waals surface area contributed by atoms with E-state index in [0.29, 0.717) is 23.8 Å². The van der Waals surface area contributed by atoms with E-state index in [1.807, 2.05) is 0 Å². The Bertz CT molecular complexity index is 970. The highest BCUT2D eigenvalue weighted by Crippen LogP contribution is 2.69. The lowest BCUT2D eigenvalue weighted by molar-refractivity contribution is -0.136. The van der Waals surface area contributed by atoms with Crippen molar-refractivity contribution < 1.29 is 19.7 Å². The number of methoxy groups -OCH3 is 1. The highest BCUT2D eigenvalue weighted by atomic mass is 16.5. The third-order valence-corrected chi connectivity index (χ3v) is 11.6. The minimum Gasteiger partial charge on any atom is -0.466 e. The quantitative estimate of drug-likeness (QED) is 0.344. The van der Waals surface area contributed by atoms with Crippen LogP contribution in [0.3, 0.4) is 0 Å². The van der Waals surface area contributed by atoms with Crippen LogP contribution >= 0.6 is 0 Å². The van der Waals surface area contributed by atoms with E-state index in [9.17, 15) is 15.0 Å². The van der Waals surface area contributed by atoms with E-state index in [0.717, 1.165) is 44.9 Å². The molecule has 0 bridgehead atoms. The van der Waals surface area contributed by atoms with Crippen molar-refractivity contribution in [1.29, 1.82) is 0 Å². The van der Waals surface area contributed by atoms with E-state index in [1.54, 1.807) is 29.7 Å². The van der Waals surface area contributed by atoms with Gasteiger partial charge in [-0.1, -0.05) is 53.2 Å². The molecule has 0 amide bonds. The van der Waals surface area contributed by atoms with Gasteiger partial charge in [0.2, 0.25) is 0 Å². The maximum absolute atomic E-state index is 11.8. The van der Waals surface area contributed by atoms with Crippen molar-refractivity contribution in [2.24, 2.45) is 33.5 Å². The molecule has 0 aromatic carbocycles. The van der Waals surface area contributed by atoms with Crippen LogP contribution in [0.4, 0.5) is 0 Å². The summed E-state index contributed by atoms with van der Waals surface area (Å²) in [6.07, 6.45) is 11.6. The number of allylic oxidation sites excluding steroid dienone is 4. The Morgan fingerprint density at radius 2 is 1.86 bits per heavy atom. The van der Waals surface area contributed by atoms with Gasteiger partial charge in [-0.15, -0.1) is 0 Å². The molecule has 0 unspecified atom stereocenters. The molecule has 1 fully saturated rings. The fraction of sp³-hybridized carbons (Fsp3) is 0.774. The Balaban J connectivity index is 1.60. The lowest BCUT2D eigenvalue weighted by Gasteiger charge is -2.60. The van der Waals surface area contributed by atoms with Crippen molar-refractivity contribution >= 4 is 5.97 Å². The summed E-state index contributed by atoms with van der Waals surface area (Å²) in [6.45, 7) is 15.9. The molecule has 35 heavy (non-hydrogen) atoms. The van der Waals surface area contributed by atoms with Crippen LogP contribution in [0.15, 0.2) is 34.4 Å². The first kappa shape index (κ1) is 26.7. The predicted octanol–water partition coefficient (Wildman–Crippen LogP) is 6.52. The summed E-state index contributed by atoms with van der Waals surface area (Å²) in [7, 11) is 1.37. The lowest BCUT2D eigenvalue weighted by atomic mass is 9.45. The number of rotatable bonds is 5. The fourth-order valence-electron chi connectivity index (χ4n) is 8.88. The van der Waals surface area contributed by atoms with Crippen LogP contribution in [0.2, 0.25) is 0 Å². The monoisotopic (exact) mass is 484 g/mol. The van der Waals surface area contributed by atoms with Gasteiger partial charge in [-0.05, 0) is 109 Å². The number of ether oxygens (including phenoxy) is 1. The Hall–Kier alpha value is -1.39. The van der Waals surface area contributed by atoms with Gasteiger partial charge in [0.05, 0.1) is 19.3 Å². The predicted molar refractivity (Wildman–Crippen MR) is 141 cm³/mol. The van der Waals surface area contributed by atoms with Crippen LogP contribution in [0.5, 0.6) is 0 Å². The van der Waals surface area contributed by atoms with Gasteiger partial charge in [0.15, 0.2) is 0 Å². The van der Waals surface area contributed by atoms with Gasteiger partial charge < -0.3 is 14.9 Å². The first-order valence-corrected chi connectivity index (χ1v) is 13.8. The van der Waals surface area contributed by atoms with Crippen LogP contribution < -0.4 is 0 Å². The summed E-state index contributed by atoms with van der Waals surface area (Å²) in [6, 6.07) is 0. The molecule has 2 N–H and O–H groups in total. The topological polar surface area (TPSA) is 66.8 Å². The first-order valence-electron chi connectivity index (χ1n) is 13.8. The summed E-state index contributed by atoms with van der Waals surface area (Å²) >= 11 is 0. The molecular formula is C31H48O4. The molecule has 7 atom stereocenters. The molecular weight excluding hydrogens is 436 g/mol. The molecule has 0 aromatic heterocycles. The molecule has 0 saturated heterocycles. The van der Waals surface area contributed by atoms with Crippen molar-refractivity contribution in [3.8, 4) is 0 Å². The zero-order valence-corrected chi connectivity index (χ0v) is 23.3. The second-order valence-electron chi connectivity index (χ2n) is 13.5. The van der Waals surface area contributed by atoms with Crippen LogP contribution in [0.1, 0.15) is 99.8 Å². The molecule has 0 aliphatic heterocycles. The standard InChI is InChI=1S/C31H48O4/c1-19(27(34)35-8)17-21(32)18-20(2)30(6)15-12-24-22-9-10-25-28(3,4)26(33)13-14-29(25,5)23(22)11-16-31(24,30)7/h12,17,20-21,25-26,32-33H,9-11,13-16,18H2,1-8H3/b19-17+/t20-,21+,25+,26-,29-,30+,31-/m1/s1. The first-order chi connectivity index (χ1) is 16.2. The van der Waals surface area contributed by atoms with Gasteiger partial charge in [-0.25, -0.2) is 4.79 Å². The van der Waals surface area contributed by atoms with Crippen LogP contribution in [-0.4, -0.2) is 35.5 Å². The highest BCUT2D eigenvalue weighted by molar-refractivity contribution is 5.87. The van der Waals surface area contributed by atoms with Gasteiger partial charge in [-0.2, -0.15) is 0 Å². The van der Waals surface area contributed by atoms with E-state index < -0.39 is 6.10 Å². The Morgan fingerprint density at radius 3 is 2.51 bits per heavy atom. The van der Waals surface area contributed by atoms with E-state index >= 15 is 0 Å². The van der Waals surface area contributed by atoms with Crippen molar-refractivity contribution in [3.05, 3.63) is 34.4 Å². The average Bonchev–Trinajstić information content (AvgIpc) is 3.08.